The lowest BCUT2D eigenvalue weighted by Gasteiger charge is -2.43. The maximum atomic E-state index is 12.9. The minimum Gasteiger partial charge on any atom is -0.353 e. The van der Waals surface area contributed by atoms with Crippen LogP contribution in [-0.4, -0.2) is 41.1 Å². The molecule has 0 aromatic carbocycles. The fourth-order valence-corrected chi connectivity index (χ4v) is 3.78. The van der Waals surface area contributed by atoms with Gasteiger partial charge in [-0.1, -0.05) is 13.8 Å². The molecule has 1 heterocycles. The molecule has 5 heteroatoms. The summed E-state index contributed by atoms with van der Waals surface area (Å²) in [6.45, 7) is 6.64. The predicted molar refractivity (Wildman–Crippen MR) is 87.6 cm³/mol. The summed E-state index contributed by atoms with van der Waals surface area (Å²) in [7, 11) is 0. The lowest BCUT2D eigenvalue weighted by molar-refractivity contribution is -0.162. The van der Waals surface area contributed by atoms with Gasteiger partial charge in [0, 0.05) is 12.0 Å². The molecule has 0 bridgehead atoms. The summed E-state index contributed by atoms with van der Waals surface area (Å²) in [5, 5.41) is 3.03. The van der Waals surface area contributed by atoms with E-state index in [4.69, 9.17) is 4.74 Å². The van der Waals surface area contributed by atoms with E-state index in [0.717, 1.165) is 44.9 Å². The van der Waals surface area contributed by atoms with Crippen molar-refractivity contribution in [2.45, 2.75) is 83.5 Å². The van der Waals surface area contributed by atoms with Gasteiger partial charge in [0.15, 0.2) is 0 Å². The number of carbonyl (C=O) groups excluding carboxylic acids is 2. The average Bonchev–Trinajstić information content (AvgIpc) is 3.32. The SMILES string of the molecule is CC[C@@H](C)NC(=O)[C@H]1COC2(CCC(C)CC2)N1C(=O)C1CC1. The molecule has 2 saturated carbocycles. The second-order valence-electron chi connectivity index (χ2n) is 7.76. The summed E-state index contributed by atoms with van der Waals surface area (Å²) in [6, 6.07) is -0.325. The van der Waals surface area contributed by atoms with E-state index in [1.807, 2.05) is 18.7 Å². The van der Waals surface area contributed by atoms with Crippen LogP contribution >= 0.6 is 0 Å². The van der Waals surface area contributed by atoms with Crippen LogP contribution in [0.15, 0.2) is 0 Å². The molecule has 2 atom stereocenters. The molecule has 0 radical (unpaired) electrons. The Morgan fingerprint density at radius 2 is 1.91 bits per heavy atom. The van der Waals surface area contributed by atoms with Gasteiger partial charge in [0.25, 0.3) is 0 Å². The lowest BCUT2D eigenvalue weighted by atomic mass is 9.83. The molecule has 2 aliphatic carbocycles. The third-order valence-electron chi connectivity index (χ3n) is 5.78. The van der Waals surface area contributed by atoms with Crippen LogP contribution in [0.4, 0.5) is 0 Å². The van der Waals surface area contributed by atoms with Gasteiger partial charge >= 0.3 is 0 Å². The van der Waals surface area contributed by atoms with Crippen LogP contribution in [0, 0.1) is 11.8 Å². The number of nitrogens with one attached hydrogen (secondary N) is 1. The van der Waals surface area contributed by atoms with E-state index in [2.05, 4.69) is 12.2 Å². The summed E-state index contributed by atoms with van der Waals surface area (Å²) in [5.41, 5.74) is -0.524. The summed E-state index contributed by atoms with van der Waals surface area (Å²) in [4.78, 5) is 27.4. The van der Waals surface area contributed by atoms with Gasteiger partial charge < -0.3 is 10.1 Å². The Hall–Kier alpha value is -1.10. The molecule has 130 valence electrons. The summed E-state index contributed by atoms with van der Waals surface area (Å²) in [6.07, 6.45) is 6.66. The zero-order valence-corrected chi connectivity index (χ0v) is 14.6. The van der Waals surface area contributed by atoms with Gasteiger partial charge in [0.2, 0.25) is 11.8 Å². The van der Waals surface area contributed by atoms with E-state index in [0.29, 0.717) is 12.5 Å². The largest absolute Gasteiger partial charge is 0.353 e. The van der Waals surface area contributed by atoms with Crippen molar-refractivity contribution in [3.63, 3.8) is 0 Å². The number of carbonyl (C=O) groups is 2. The fraction of sp³-hybridized carbons (Fsp3) is 0.889. The highest BCUT2D eigenvalue weighted by Crippen LogP contribution is 2.45. The molecular weight excluding hydrogens is 292 g/mol. The monoisotopic (exact) mass is 322 g/mol. The minimum atomic E-state index is -0.524. The Bertz CT molecular complexity index is 467. The Morgan fingerprint density at radius 3 is 2.48 bits per heavy atom. The van der Waals surface area contributed by atoms with E-state index >= 15 is 0 Å². The molecule has 1 aliphatic heterocycles. The van der Waals surface area contributed by atoms with Crippen LogP contribution in [0.1, 0.15) is 65.7 Å². The molecule has 1 spiro atoms. The first-order chi connectivity index (χ1) is 11.0. The molecule has 1 saturated heterocycles. The van der Waals surface area contributed by atoms with Crippen LogP contribution in [-0.2, 0) is 14.3 Å². The molecular formula is C18H30N2O3. The van der Waals surface area contributed by atoms with Gasteiger partial charge in [-0.05, 0) is 57.8 Å². The van der Waals surface area contributed by atoms with Crippen LogP contribution in [0.25, 0.3) is 0 Å². The van der Waals surface area contributed by atoms with Crippen LogP contribution in [0.2, 0.25) is 0 Å². The molecule has 2 amide bonds. The third-order valence-corrected chi connectivity index (χ3v) is 5.78. The number of rotatable bonds is 4. The standard InChI is InChI=1S/C18H30N2O3/c1-4-13(3)19-16(21)15-11-23-18(9-7-12(2)8-10-18)20(15)17(22)14-5-6-14/h12-15H,4-11H2,1-3H3,(H,19,21)/t12?,13-,15-,18?/m1/s1. The number of hydrogen-bond donors (Lipinski definition) is 1. The number of ether oxygens (including phenoxy) is 1. The highest BCUT2D eigenvalue weighted by molar-refractivity contribution is 5.90. The van der Waals surface area contributed by atoms with Crippen molar-refractivity contribution in [3.05, 3.63) is 0 Å². The topological polar surface area (TPSA) is 58.6 Å². The molecule has 3 fully saturated rings. The number of amides is 2. The Labute approximate surface area is 139 Å². The second kappa shape index (κ2) is 6.42. The second-order valence-corrected chi connectivity index (χ2v) is 7.76. The Kier molecular flexibility index (Phi) is 4.68. The van der Waals surface area contributed by atoms with Gasteiger partial charge in [0.1, 0.15) is 11.8 Å². The molecule has 3 aliphatic rings. The first-order valence-electron chi connectivity index (χ1n) is 9.24. The van der Waals surface area contributed by atoms with Crippen molar-refractivity contribution in [3.8, 4) is 0 Å². The molecule has 0 aromatic rings. The summed E-state index contributed by atoms with van der Waals surface area (Å²) >= 11 is 0. The summed E-state index contributed by atoms with van der Waals surface area (Å²) in [5.74, 6) is 0.882. The highest BCUT2D eigenvalue weighted by Gasteiger charge is 2.55. The molecule has 5 nitrogen and oxygen atoms in total. The highest BCUT2D eigenvalue weighted by atomic mass is 16.5. The lowest BCUT2D eigenvalue weighted by Crippen LogP contribution is -2.57. The van der Waals surface area contributed by atoms with E-state index in [1.54, 1.807) is 0 Å². The van der Waals surface area contributed by atoms with Crippen molar-refractivity contribution in [2.24, 2.45) is 11.8 Å². The van der Waals surface area contributed by atoms with E-state index in [1.165, 1.54) is 0 Å². The van der Waals surface area contributed by atoms with Gasteiger partial charge in [-0.2, -0.15) is 0 Å². The van der Waals surface area contributed by atoms with Crippen molar-refractivity contribution in [1.29, 1.82) is 0 Å². The maximum absolute atomic E-state index is 12.9. The van der Waals surface area contributed by atoms with Crippen molar-refractivity contribution < 1.29 is 14.3 Å². The van der Waals surface area contributed by atoms with Crippen LogP contribution in [0.3, 0.4) is 0 Å². The Morgan fingerprint density at radius 1 is 1.26 bits per heavy atom. The van der Waals surface area contributed by atoms with Gasteiger partial charge in [-0.3, -0.25) is 14.5 Å². The molecule has 23 heavy (non-hydrogen) atoms. The van der Waals surface area contributed by atoms with Crippen LogP contribution < -0.4 is 5.32 Å². The van der Waals surface area contributed by atoms with Gasteiger partial charge in [-0.15, -0.1) is 0 Å². The quantitative estimate of drug-likeness (QED) is 0.865. The maximum Gasteiger partial charge on any atom is 0.245 e. The summed E-state index contributed by atoms with van der Waals surface area (Å²) < 4.78 is 6.13. The zero-order valence-electron chi connectivity index (χ0n) is 14.6. The molecule has 0 aromatic heterocycles. The van der Waals surface area contributed by atoms with Crippen molar-refractivity contribution in [1.82, 2.24) is 10.2 Å². The first kappa shape index (κ1) is 16.7. The minimum absolute atomic E-state index is 0.0520. The Balaban J connectivity index is 1.79. The van der Waals surface area contributed by atoms with Crippen LogP contribution in [0.5, 0.6) is 0 Å². The smallest absolute Gasteiger partial charge is 0.245 e. The molecule has 3 rings (SSSR count). The van der Waals surface area contributed by atoms with Crippen molar-refractivity contribution in [2.75, 3.05) is 6.61 Å². The molecule has 1 N–H and O–H groups in total. The number of hydrogen-bond acceptors (Lipinski definition) is 3. The predicted octanol–water partition coefficient (Wildman–Crippen LogP) is 2.44. The van der Waals surface area contributed by atoms with Gasteiger partial charge in [0.05, 0.1) is 6.61 Å². The van der Waals surface area contributed by atoms with E-state index in [-0.39, 0.29) is 23.8 Å². The number of nitrogens with zero attached hydrogens (tertiary/aromatic N) is 1. The van der Waals surface area contributed by atoms with E-state index in [9.17, 15) is 9.59 Å². The molecule has 0 unspecified atom stereocenters. The van der Waals surface area contributed by atoms with E-state index < -0.39 is 11.8 Å². The average molecular weight is 322 g/mol. The third kappa shape index (κ3) is 3.25. The fourth-order valence-electron chi connectivity index (χ4n) is 3.78. The zero-order chi connectivity index (χ0) is 16.6. The van der Waals surface area contributed by atoms with Gasteiger partial charge in [-0.25, -0.2) is 0 Å². The van der Waals surface area contributed by atoms with Crippen molar-refractivity contribution >= 4 is 11.8 Å². The first-order valence-corrected chi connectivity index (χ1v) is 9.24. The normalized spacial score (nSPS) is 35.3.